The smallest absolute Gasteiger partial charge is 0.292 e. The van der Waals surface area contributed by atoms with Crippen LogP contribution in [0.4, 0.5) is 0 Å². The van der Waals surface area contributed by atoms with E-state index in [1.54, 1.807) is 24.3 Å². The average Bonchev–Trinajstić information content (AvgIpc) is 3.21. The number of rotatable bonds is 5. The third kappa shape index (κ3) is 3.82. The van der Waals surface area contributed by atoms with Crippen molar-refractivity contribution in [2.24, 2.45) is 12.1 Å². The first kappa shape index (κ1) is 18.7. The molecule has 0 aliphatic carbocycles. The van der Waals surface area contributed by atoms with E-state index >= 15 is 0 Å². The molecule has 0 radical (unpaired) electrons. The van der Waals surface area contributed by atoms with Gasteiger partial charge in [0.2, 0.25) is 6.79 Å². The molecule has 0 fully saturated rings. The van der Waals surface area contributed by atoms with Crippen molar-refractivity contribution in [2.45, 2.75) is 19.8 Å². The number of ether oxygens (including phenoxy) is 2. The summed E-state index contributed by atoms with van der Waals surface area (Å²) in [6.45, 7) is 2.10. The molecule has 8 nitrogen and oxygen atoms in total. The number of hydrogen-bond acceptors (Lipinski definition) is 6. The summed E-state index contributed by atoms with van der Waals surface area (Å²) in [6.07, 6.45) is 1.42. The monoisotopic (exact) mass is 392 g/mol. The summed E-state index contributed by atoms with van der Waals surface area (Å²) in [7, 11) is 1.52. The lowest BCUT2D eigenvalue weighted by atomic mass is 10.1. The maximum Gasteiger partial charge on any atom is 0.292 e. The normalized spacial score (nSPS) is 13.0. The molecule has 2 heterocycles. The second-order valence-corrected chi connectivity index (χ2v) is 6.80. The van der Waals surface area contributed by atoms with Gasteiger partial charge in [0.05, 0.1) is 5.39 Å². The zero-order chi connectivity index (χ0) is 20.4. The van der Waals surface area contributed by atoms with Crippen molar-refractivity contribution in [1.29, 1.82) is 0 Å². The van der Waals surface area contributed by atoms with E-state index in [-0.39, 0.29) is 18.0 Å². The van der Waals surface area contributed by atoms with Crippen molar-refractivity contribution >= 4 is 22.4 Å². The number of carbonyl (C=O) groups is 1. The Kier molecular flexibility index (Phi) is 4.99. The molecule has 0 saturated carbocycles. The van der Waals surface area contributed by atoms with Crippen molar-refractivity contribution < 1.29 is 14.3 Å². The summed E-state index contributed by atoms with van der Waals surface area (Å²) in [4.78, 5) is 24.8. The van der Waals surface area contributed by atoms with Crippen LogP contribution >= 0.6 is 0 Å². The fraction of sp³-hybridized carbons (Fsp3) is 0.238. The lowest BCUT2D eigenvalue weighted by Crippen LogP contribution is -2.27. The summed E-state index contributed by atoms with van der Waals surface area (Å²) < 4.78 is 11.9. The minimum absolute atomic E-state index is 0.162. The van der Waals surface area contributed by atoms with E-state index in [0.717, 1.165) is 33.9 Å². The molecule has 1 aromatic heterocycles. The van der Waals surface area contributed by atoms with Crippen LogP contribution in [0.15, 0.2) is 52.4 Å². The number of hydrogen-bond donors (Lipinski definition) is 1. The van der Waals surface area contributed by atoms with E-state index in [0.29, 0.717) is 17.2 Å². The number of carbonyl (C=O) groups excluding carboxylic acids is 1. The van der Waals surface area contributed by atoms with Gasteiger partial charge in [-0.15, -0.1) is 0 Å². The first-order chi connectivity index (χ1) is 14.0. The molecule has 0 saturated heterocycles. The van der Waals surface area contributed by atoms with Gasteiger partial charge in [-0.2, -0.15) is 10.2 Å². The molecule has 0 unspecified atom stereocenters. The van der Waals surface area contributed by atoms with Gasteiger partial charge in [-0.25, -0.2) is 10.1 Å². The van der Waals surface area contributed by atoms with Crippen LogP contribution in [-0.2, 0) is 13.5 Å². The molecule has 1 N–H and O–H groups in total. The summed E-state index contributed by atoms with van der Waals surface area (Å²) in [5.41, 5.74) is 4.32. The third-order valence-corrected chi connectivity index (χ3v) is 4.73. The molecule has 3 aromatic rings. The van der Waals surface area contributed by atoms with Crippen molar-refractivity contribution in [1.82, 2.24) is 15.2 Å². The summed E-state index contributed by atoms with van der Waals surface area (Å²) in [6, 6.07) is 12.7. The molecule has 0 spiro atoms. The van der Waals surface area contributed by atoms with Crippen LogP contribution in [0.3, 0.4) is 0 Å². The minimum Gasteiger partial charge on any atom is -0.454 e. The van der Waals surface area contributed by atoms with Crippen LogP contribution in [0.2, 0.25) is 0 Å². The molecule has 1 amide bonds. The van der Waals surface area contributed by atoms with Gasteiger partial charge >= 0.3 is 0 Å². The van der Waals surface area contributed by atoms with Crippen LogP contribution in [0.5, 0.6) is 11.5 Å². The number of fused-ring (bicyclic) bond motifs is 2. The largest absolute Gasteiger partial charge is 0.454 e. The lowest BCUT2D eigenvalue weighted by molar-refractivity contribution is 0.0949. The number of amides is 1. The lowest BCUT2D eigenvalue weighted by Gasteiger charge is -2.07. The zero-order valence-electron chi connectivity index (χ0n) is 16.1. The van der Waals surface area contributed by atoms with Gasteiger partial charge in [0.15, 0.2) is 17.2 Å². The van der Waals surface area contributed by atoms with Gasteiger partial charge < -0.3 is 9.47 Å². The Morgan fingerprint density at radius 2 is 1.93 bits per heavy atom. The summed E-state index contributed by atoms with van der Waals surface area (Å²) >= 11 is 0. The van der Waals surface area contributed by atoms with Crippen molar-refractivity contribution in [3.05, 3.63) is 64.1 Å². The average molecular weight is 392 g/mol. The predicted molar refractivity (Wildman–Crippen MR) is 108 cm³/mol. The number of aryl methyl sites for hydroxylation is 2. The maximum atomic E-state index is 12.6. The fourth-order valence-electron chi connectivity index (χ4n) is 3.14. The van der Waals surface area contributed by atoms with Gasteiger partial charge in [-0.05, 0) is 43.5 Å². The molecule has 1 aliphatic heterocycles. The van der Waals surface area contributed by atoms with E-state index in [4.69, 9.17) is 9.47 Å². The first-order valence-corrected chi connectivity index (χ1v) is 9.21. The quantitative estimate of drug-likeness (QED) is 0.531. The van der Waals surface area contributed by atoms with E-state index in [2.05, 4.69) is 15.6 Å². The second kappa shape index (κ2) is 7.75. The molecule has 2 aromatic carbocycles. The maximum absolute atomic E-state index is 12.6. The molecular weight excluding hydrogens is 372 g/mol. The van der Waals surface area contributed by atoms with E-state index in [1.165, 1.54) is 7.05 Å². The predicted octanol–water partition coefficient (Wildman–Crippen LogP) is 2.40. The van der Waals surface area contributed by atoms with Crippen molar-refractivity contribution in [3.8, 4) is 11.5 Å². The van der Waals surface area contributed by atoms with Crippen LogP contribution in [-0.4, -0.2) is 28.2 Å². The Labute approximate surface area is 166 Å². The van der Waals surface area contributed by atoms with Gasteiger partial charge in [0.1, 0.15) is 0 Å². The number of aromatic nitrogens is 2. The standard InChI is InChI=1S/C21H20N4O4/c1-13(7-8-14-9-10-17-18(11-14)29-12-28-17)22-23-20(26)19-15-5-3-4-6-16(15)21(27)25(2)24-19/h3-6,9-11H,7-8,12H2,1-2H3,(H,23,26)/b22-13+. The van der Waals surface area contributed by atoms with Gasteiger partial charge in [0.25, 0.3) is 11.5 Å². The van der Waals surface area contributed by atoms with Crippen LogP contribution in [0.25, 0.3) is 10.8 Å². The number of hydrazone groups is 1. The molecule has 8 heteroatoms. The van der Waals surface area contributed by atoms with Crippen LogP contribution in [0, 0.1) is 0 Å². The Morgan fingerprint density at radius 1 is 1.17 bits per heavy atom. The SMILES string of the molecule is C/C(CCc1ccc2c(c1)OCO2)=N\NC(=O)c1nn(C)c(=O)c2ccccc12. The van der Waals surface area contributed by atoms with E-state index in [9.17, 15) is 9.59 Å². The van der Waals surface area contributed by atoms with Gasteiger partial charge in [0, 0.05) is 18.1 Å². The number of nitrogens with one attached hydrogen (secondary N) is 1. The summed E-state index contributed by atoms with van der Waals surface area (Å²) in [5.74, 6) is 1.04. The third-order valence-electron chi connectivity index (χ3n) is 4.73. The van der Waals surface area contributed by atoms with E-state index < -0.39 is 5.91 Å². The number of nitrogens with zero attached hydrogens (tertiary/aromatic N) is 3. The molecule has 0 atom stereocenters. The van der Waals surface area contributed by atoms with Crippen LogP contribution < -0.4 is 20.5 Å². The topological polar surface area (TPSA) is 94.8 Å². The van der Waals surface area contributed by atoms with Gasteiger partial charge in [-0.3, -0.25) is 9.59 Å². The highest BCUT2D eigenvalue weighted by Crippen LogP contribution is 2.32. The molecular formula is C21H20N4O4. The van der Waals surface area contributed by atoms with Crippen LogP contribution in [0.1, 0.15) is 29.4 Å². The molecule has 4 rings (SSSR count). The van der Waals surface area contributed by atoms with Crippen molar-refractivity contribution in [3.63, 3.8) is 0 Å². The molecule has 1 aliphatic rings. The molecule has 0 bridgehead atoms. The first-order valence-electron chi connectivity index (χ1n) is 9.21. The highest BCUT2D eigenvalue weighted by molar-refractivity contribution is 6.05. The molecule has 29 heavy (non-hydrogen) atoms. The second-order valence-electron chi connectivity index (χ2n) is 6.80. The molecule has 148 valence electrons. The number of benzene rings is 2. The Balaban J connectivity index is 1.45. The Hall–Kier alpha value is -3.68. The van der Waals surface area contributed by atoms with Gasteiger partial charge in [-0.1, -0.05) is 24.3 Å². The van der Waals surface area contributed by atoms with E-state index in [1.807, 2.05) is 25.1 Å². The zero-order valence-corrected chi connectivity index (χ0v) is 16.1. The fourth-order valence-corrected chi connectivity index (χ4v) is 3.14. The minimum atomic E-state index is -0.459. The van der Waals surface area contributed by atoms with Crippen molar-refractivity contribution in [2.75, 3.05) is 6.79 Å². The highest BCUT2D eigenvalue weighted by Gasteiger charge is 2.15. The highest BCUT2D eigenvalue weighted by atomic mass is 16.7. The Morgan fingerprint density at radius 3 is 2.76 bits per heavy atom. The summed E-state index contributed by atoms with van der Waals surface area (Å²) in [5, 5.41) is 9.23. The Bertz CT molecular complexity index is 1180.